The van der Waals surface area contributed by atoms with Crippen LogP contribution in [-0.4, -0.2) is 111 Å². The van der Waals surface area contributed by atoms with Crippen molar-refractivity contribution in [3.05, 3.63) is 54.1 Å². The van der Waals surface area contributed by atoms with Gasteiger partial charge in [-0.05, 0) is 24.1 Å². The number of fused-ring (bicyclic) bond motifs is 1. The predicted octanol–water partition coefficient (Wildman–Crippen LogP) is 1.14. The van der Waals surface area contributed by atoms with Crippen molar-refractivity contribution in [3.63, 3.8) is 0 Å². The lowest BCUT2D eigenvalue weighted by Crippen LogP contribution is -2.85. The van der Waals surface area contributed by atoms with Gasteiger partial charge < -0.3 is 43.7 Å². The number of rotatable bonds is 8. The van der Waals surface area contributed by atoms with Gasteiger partial charge in [0.15, 0.2) is 29.2 Å². The van der Waals surface area contributed by atoms with Crippen LogP contribution < -0.4 is 0 Å². The third kappa shape index (κ3) is 5.65. The standard InChI is InChI=1S/C37H44O15/c1-19-25(52-28(44)14-13-24-11-9-8-10-12-24)15-27(48-20(2)39)35(17-38)29(19)30(49-21(3)40)36(45)16-26(43)34(7)37(46,33(36,6)18-47-34)32(51-23(5)42)31(35)50-22(4)41/h8-14,25,27,29-32,38,45-46H,1,15-18H2,2-7H3. The van der Waals surface area contributed by atoms with Crippen LogP contribution in [0.15, 0.2) is 48.6 Å². The number of hydrogen-bond acceptors (Lipinski definition) is 15. The molecule has 52 heavy (non-hydrogen) atoms. The monoisotopic (exact) mass is 728 g/mol. The molecule has 4 bridgehead atoms. The van der Waals surface area contributed by atoms with E-state index in [0.717, 1.165) is 33.8 Å². The highest BCUT2D eigenvalue weighted by atomic mass is 16.6. The third-order valence-electron chi connectivity index (χ3n) is 11.5. The molecular weight excluding hydrogens is 684 g/mol. The molecular formula is C37H44O15. The van der Waals surface area contributed by atoms with Crippen LogP contribution in [0, 0.1) is 16.7 Å². The first-order valence-electron chi connectivity index (χ1n) is 16.8. The second-order valence-electron chi connectivity index (χ2n) is 14.4. The molecule has 0 radical (unpaired) electrons. The van der Waals surface area contributed by atoms with Crippen molar-refractivity contribution in [1.82, 2.24) is 0 Å². The Balaban J connectivity index is 1.83. The quantitative estimate of drug-likeness (QED) is 0.148. The van der Waals surface area contributed by atoms with Gasteiger partial charge in [0, 0.05) is 52.5 Å². The topological polar surface area (TPSA) is 218 Å². The summed E-state index contributed by atoms with van der Waals surface area (Å²) in [6, 6.07) is 8.81. The van der Waals surface area contributed by atoms with E-state index >= 15 is 0 Å². The summed E-state index contributed by atoms with van der Waals surface area (Å²) in [7, 11) is 0. The van der Waals surface area contributed by atoms with Crippen molar-refractivity contribution < 1.29 is 72.5 Å². The number of esters is 5. The maximum Gasteiger partial charge on any atom is 0.331 e. The molecule has 11 unspecified atom stereocenters. The zero-order valence-corrected chi connectivity index (χ0v) is 29.8. The van der Waals surface area contributed by atoms with Crippen molar-refractivity contribution in [2.45, 2.75) is 102 Å². The van der Waals surface area contributed by atoms with Crippen LogP contribution in [0.25, 0.3) is 6.08 Å². The van der Waals surface area contributed by atoms with E-state index in [9.17, 15) is 44.1 Å². The molecule has 0 amide bonds. The molecule has 4 fully saturated rings. The molecule has 4 aliphatic rings. The van der Waals surface area contributed by atoms with Gasteiger partial charge in [0.05, 0.1) is 24.0 Å². The number of hydrogen-bond donors (Lipinski definition) is 3. The Hall–Kier alpha value is -4.44. The molecule has 3 N–H and O–H groups in total. The number of Topliss-reactive ketones (excluding diaryl/α,β-unsaturated/α-hetero) is 1. The summed E-state index contributed by atoms with van der Waals surface area (Å²) in [6.07, 6.45) is -7.67. The lowest BCUT2D eigenvalue weighted by Gasteiger charge is -2.67. The molecule has 282 valence electrons. The van der Waals surface area contributed by atoms with Gasteiger partial charge in [-0.2, -0.15) is 0 Å². The highest BCUT2D eigenvalue weighted by Gasteiger charge is 2.87. The second kappa shape index (κ2) is 13.5. The number of ether oxygens (including phenoxy) is 6. The van der Waals surface area contributed by atoms with Crippen LogP contribution >= 0.6 is 0 Å². The van der Waals surface area contributed by atoms with E-state index in [1.807, 2.05) is 0 Å². The fraction of sp³-hybridized carbons (Fsp3) is 0.568. The van der Waals surface area contributed by atoms with Crippen LogP contribution in [0.1, 0.15) is 59.9 Å². The van der Waals surface area contributed by atoms with Crippen molar-refractivity contribution in [2.75, 3.05) is 13.2 Å². The van der Waals surface area contributed by atoms with E-state index in [0.29, 0.717) is 5.56 Å². The Bertz CT molecular complexity index is 1700. The smallest absolute Gasteiger partial charge is 0.331 e. The number of aliphatic hydroxyl groups is 3. The normalized spacial score (nSPS) is 39.4. The van der Waals surface area contributed by atoms with Gasteiger partial charge in [-0.1, -0.05) is 43.8 Å². The molecule has 1 aliphatic heterocycles. The summed E-state index contributed by atoms with van der Waals surface area (Å²) in [4.78, 5) is 79.2. The summed E-state index contributed by atoms with van der Waals surface area (Å²) in [5.41, 5.74) is -11.3. The Kier molecular flexibility index (Phi) is 10.1. The Labute approximate surface area is 299 Å². The molecule has 3 saturated carbocycles. The van der Waals surface area contributed by atoms with Crippen LogP contribution in [0.4, 0.5) is 0 Å². The molecule has 1 heterocycles. The van der Waals surface area contributed by atoms with Gasteiger partial charge in [0.2, 0.25) is 0 Å². The Morgan fingerprint density at radius 3 is 1.98 bits per heavy atom. The van der Waals surface area contributed by atoms with Crippen LogP contribution in [0.5, 0.6) is 0 Å². The van der Waals surface area contributed by atoms with Crippen molar-refractivity contribution >= 4 is 41.7 Å². The SMILES string of the molecule is C=C1C(OC(=O)C=Cc2ccccc2)CC(OC(C)=O)C2(CO)C(OC(C)=O)C(OC(C)=O)C3(O)C4(C)OCC3(C)C(O)(CC4=O)C(OC(C)=O)C12. The molecule has 11 atom stereocenters. The highest BCUT2D eigenvalue weighted by Crippen LogP contribution is 2.68. The first kappa shape index (κ1) is 38.8. The summed E-state index contributed by atoms with van der Waals surface area (Å²) in [5, 5.41) is 37.7. The number of benzene rings is 1. The van der Waals surface area contributed by atoms with Gasteiger partial charge in [0.25, 0.3) is 0 Å². The number of carbonyl (C=O) groups is 6. The molecule has 15 heteroatoms. The van der Waals surface area contributed by atoms with E-state index < -0.39 is 126 Å². The average Bonchev–Trinajstić information content (AvgIpc) is 3.23. The highest BCUT2D eigenvalue weighted by molar-refractivity contribution is 5.92. The van der Waals surface area contributed by atoms with Gasteiger partial charge in [-0.3, -0.25) is 24.0 Å². The number of ketones is 1. The fourth-order valence-electron chi connectivity index (χ4n) is 9.02. The van der Waals surface area contributed by atoms with E-state index in [-0.39, 0.29) is 5.57 Å². The molecule has 1 aromatic carbocycles. The average molecular weight is 729 g/mol. The molecule has 3 aliphatic carbocycles. The molecule has 1 saturated heterocycles. The maximum absolute atomic E-state index is 14.1. The van der Waals surface area contributed by atoms with Crippen LogP contribution in [0.2, 0.25) is 0 Å². The summed E-state index contributed by atoms with van der Waals surface area (Å²) < 4.78 is 35.2. The minimum Gasteiger partial charge on any atom is -0.462 e. The molecule has 5 rings (SSSR count). The molecule has 1 aromatic rings. The fourth-order valence-corrected chi connectivity index (χ4v) is 9.02. The second-order valence-corrected chi connectivity index (χ2v) is 14.4. The largest absolute Gasteiger partial charge is 0.462 e. The minimum absolute atomic E-state index is 0.106. The van der Waals surface area contributed by atoms with Gasteiger partial charge in [0.1, 0.15) is 23.9 Å². The van der Waals surface area contributed by atoms with E-state index in [1.165, 1.54) is 19.9 Å². The zero-order valence-electron chi connectivity index (χ0n) is 29.8. The maximum atomic E-state index is 14.1. The summed E-state index contributed by atoms with van der Waals surface area (Å²) in [6.45, 7) is 9.13. The zero-order chi connectivity index (χ0) is 38.6. The van der Waals surface area contributed by atoms with E-state index in [4.69, 9.17) is 28.4 Å². The number of carbonyl (C=O) groups excluding carboxylic acids is 6. The van der Waals surface area contributed by atoms with Crippen molar-refractivity contribution in [1.29, 1.82) is 0 Å². The van der Waals surface area contributed by atoms with Crippen molar-refractivity contribution in [3.8, 4) is 0 Å². The number of aliphatic hydroxyl groups excluding tert-OH is 1. The molecule has 0 spiro atoms. The first-order chi connectivity index (χ1) is 24.2. The molecule has 0 aromatic heterocycles. The Morgan fingerprint density at radius 1 is 0.865 bits per heavy atom. The van der Waals surface area contributed by atoms with Crippen molar-refractivity contribution in [2.24, 2.45) is 16.7 Å². The third-order valence-corrected chi connectivity index (χ3v) is 11.5. The summed E-state index contributed by atoms with van der Waals surface area (Å²) in [5.74, 6) is -7.39. The Morgan fingerprint density at radius 2 is 1.42 bits per heavy atom. The first-order valence-corrected chi connectivity index (χ1v) is 16.8. The van der Waals surface area contributed by atoms with E-state index in [2.05, 4.69) is 6.58 Å². The molecule has 15 nitrogen and oxygen atoms in total. The van der Waals surface area contributed by atoms with Crippen LogP contribution in [0.3, 0.4) is 0 Å². The summed E-state index contributed by atoms with van der Waals surface area (Å²) >= 11 is 0. The lowest BCUT2D eigenvalue weighted by molar-refractivity contribution is -0.331. The van der Waals surface area contributed by atoms with Gasteiger partial charge in [-0.25, -0.2) is 4.79 Å². The lowest BCUT2D eigenvalue weighted by atomic mass is 9.42. The predicted molar refractivity (Wildman–Crippen MR) is 176 cm³/mol. The van der Waals surface area contributed by atoms with Crippen LogP contribution in [-0.2, 0) is 57.2 Å². The minimum atomic E-state index is -2.75. The van der Waals surface area contributed by atoms with Gasteiger partial charge >= 0.3 is 29.8 Å². The van der Waals surface area contributed by atoms with E-state index in [1.54, 1.807) is 30.3 Å². The van der Waals surface area contributed by atoms with Gasteiger partial charge in [-0.15, -0.1) is 0 Å².